The summed E-state index contributed by atoms with van der Waals surface area (Å²) in [7, 11) is 0. The first-order valence-electron chi connectivity index (χ1n) is 5.62. The molecule has 0 aliphatic carbocycles. The molecule has 0 spiro atoms. The van der Waals surface area contributed by atoms with Crippen LogP contribution in [0.15, 0.2) is 35.1 Å². The van der Waals surface area contributed by atoms with Crippen LogP contribution in [0.25, 0.3) is 11.3 Å². The van der Waals surface area contributed by atoms with E-state index in [0.717, 1.165) is 11.3 Å². The van der Waals surface area contributed by atoms with Crippen molar-refractivity contribution in [2.75, 3.05) is 6.61 Å². The highest BCUT2D eigenvalue weighted by Gasteiger charge is 2.05. The van der Waals surface area contributed by atoms with E-state index in [9.17, 15) is 4.79 Å². The molecule has 0 amide bonds. The number of H-pyrrole nitrogens is 1. The van der Waals surface area contributed by atoms with Crippen LogP contribution in [0, 0.1) is 0 Å². The largest absolute Gasteiger partial charge is 0.494 e. The first-order valence-corrected chi connectivity index (χ1v) is 6.16. The summed E-state index contributed by atoms with van der Waals surface area (Å²) in [4.78, 5) is 11.4. The van der Waals surface area contributed by atoms with Gasteiger partial charge in [0, 0.05) is 11.1 Å². The van der Waals surface area contributed by atoms with E-state index in [4.69, 9.17) is 16.3 Å². The highest BCUT2D eigenvalue weighted by Crippen LogP contribution is 2.22. The fraction of sp³-hybridized carbons (Fsp3) is 0.231. The second-order valence-electron chi connectivity index (χ2n) is 3.70. The lowest BCUT2D eigenvalue weighted by Crippen LogP contribution is -2.13. The monoisotopic (exact) mass is 264 g/mol. The fourth-order valence-corrected chi connectivity index (χ4v) is 1.80. The van der Waals surface area contributed by atoms with Gasteiger partial charge in [0.25, 0.3) is 5.56 Å². The average Bonchev–Trinajstić information content (AvgIpc) is 2.40. The number of alkyl halides is 1. The van der Waals surface area contributed by atoms with Crippen molar-refractivity contribution in [2.45, 2.75) is 12.8 Å². The highest BCUT2D eigenvalue weighted by molar-refractivity contribution is 6.17. The van der Waals surface area contributed by atoms with Crippen LogP contribution >= 0.6 is 11.6 Å². The summed E-state index contributed by atoms with van der Waals surface area (Å²) >= 11 is 5.70. The number of hydrogen-bond acceptors (Lipinski definition) is 3. The van der Waals surface area contributed by atoms with Crippen molar-refractivity contribution in [3.05, 3.63) is 46.2 Å². The smallest absolute Gasteiger partial charge is 0.268 e. The van der Waals surface area contributed by atoms with Crippen LogP contribution in [0.1, 0.15) is 12.5 Å². The Balaban J connectivity index is 2.41. The number of halogens is 1. The standard InChI is InChI=1S/C13H13ClN2O2/c1-2-18-11-5-3-4-9(6-11)12-7-10(8-14)13(17)16-15-12/h3-7H,2,8H2,1H3,(H,16,17). The molecule has 0 radical (unpaired) electrons. The molecule has 5 heteroatoms. The lowest BCUT2D eigenvalue weighted by molar-refractivity contribution is 0.340. The topological polar surface area (TPSA) is 55.0 Å². The second kappa shape index (κ2) is 5.69. The second-order valence-corrected chi connectivity index (χ2v) is 3.97. The minimum atomic E-state index is -0.255. The third-order valence-corrected chi connectivity index (χ3v) is 2.75. The SMILES string of the molecule is CCOc1cccc(-c2cc(CCl)c(=O)[nH]n2)c1. The van der Waals surface area contributed by atoms with Gasteiger partial charge in [0.15, 0.2) is 0 Å². The van der Waals surface area contributed by atoms with E-state index in [2.05, 4.69) is 10.2 Å². The van der Waals surface area contributed by atoms with Gasteiger partial charge in [-0.25, -0.2) is 5.10 Å². The fourth-order valence-electron chi connectivity index (χ4n) is 1.60. The zero-order valence-corrected chi connectivity index (χ0v) is 10.7. The molecule has 0 fully saturated rings. The molecule has 1 heterocycles. The lowest BCUT2D eigenvalue weighted by Gasteiger charge is -2.06. The maximum absolute atomic E-state index is 11.4. The third kappa shape index (κ3) is 2.71. The maximum Gasteiger partial charge on any atom is 0.268 e. The Hall–Kier alpha value is -1.81. The first kappa shape index (κ1) is 12.6. The van der Waals surface area contributed by atoms with Crippen LogP contribution in [0.5, 0.6) is 5.75 Å². The Morgan fingerprint density at radius 1 is 1.39 bits per heavy atom. The van der Waals surface area contributed by atoms with Crippen LogP contribution in [0.2, 0.25) is 0 Å². The number of ether oxygens (including phenoxy) is 1. The quantitative estimate of drug-likeness (QED) is 0.864. The zero-order chi connectivity index (χ0) is 13.0. The molecule has 0 saturated carbocycles. The number of hydrogen-bond donors (Lipinski definition) is 1. The van der Waals surface area contributed by atoms with E-state index in [1.807, 2.05) is 31.2 Å². The summed E-state index contributed by atoms with van der Waals surface area (Å²) in [5.41, 5.74) is 1.80. The summed E-state index contributed by atoms with van der Waals surface area (Å²) in [5.74, 6) is 0.936. The van der Waals surface area contributed by atoms with Crippen LogP contribution in [0.3, 0.4) is 0 Å². The molecule has 0 aliphatic heterocycles. The summed E-state index contributed by atoms with van der Waals surface area (Å²) in [6.45, 7) is 2.53. The Morgan fingerprint density at radius 2 is 2.22 bits per heavy atom. The minimum Gasteiger partial charge on any atom is -0.494 e. The molecule has 1 N–H and O–H groups in total. The number of benzene rings is 1. The molecular formula is C13H13ClN2O2. The van der Waals surface area contributed by atoms with Gasteiger partial charge in [0.2, 0.25) is 0 Å². The van der Waals surface area contributed by atoms with Gasteiger partial charge in [-0.3, -0.25) is 4.79 Å². The van der Waals surface area contributed by atoms with E-state index in [1.54, 1.807) is 6.07 Å². The van der Waals surface area contributed by atoms with Crippen molar-refractivity contribution in [3.8, 4) is 17.0 Å². The molecule has 0 unspecified atom stereocenters. The third-order valence-electron chi connectivity index (χ3n) is 2.47. The molecule has 1 aromatic heterocycles. The van der Waals surface area contributed by atoms with E-state index in [0.29, 0.717) is 17.9 Å². The van der Waals surface area contributed by atoms with Crippen LogP contribution in [0.4, 0.5) is 0 Å². The van der Waals surface area contributed by atoms with E-state index in [-0.39, 0.29) is 11.4 Å². The molecule has 2 rings (SSSR count). The Kier molecular flexibility index (Phi) is 3.99. The van der Waals surface area contributed by atoms with Gasteiger partial charge in [-0.05, 0) is 25.1 Å². The van der Waals surface area contributed by atoms with Crippen LogP contribution in [-0.2, 0) is 5.88 Å². The van der Waals surface area contributed by atoms with E-state index < -0.39 is 0 Å². The van der Waals surface area contributed by atoms with Crippen LogP contribution in [-0.4, -0.2) is 16.8 Å². The summed E-state index contributed by atoms with van der Waals surface area (Å²) in [6.07, 6.45) is 0. The zero-order valence-electron chi connectivity index (χ0n) is 9.94. The van der Waals surface area contributed by atoms with E-state index >= 15 is 0 Å². The highest BCUT2D eigenvalue weighted by atomic mass is 35.5. The number of aromatic amines is 1. The van der Waals surface area contributed by atoms with Crippen molar-refractivity contribution in [1.82, 2.24) is 10.2 Å². The number of rotatable bonds is 4. The summed E-state index contributed by atoms with van der Waals surface area (Å²) < 4.78 is 5.42. The van der Waals surface area contributed by atoms with Crippen molar-refractivity contribution in [3.63, 3.8) is 0 Å². The average molecular weight is 265 g/mol. The minimum absolute atomic E-state index is 0.163. The Bertz CT molecular complexity index is 596. The first-order chi connectivity index (χ1) is 8.74. The van der Waals surface area contributed by atoms with Crippen LogP contribution < -0.4 is 10.3 Å². The molecule has 4 nitrogen and oxygen atoms in total. The van der Waals surface area contributed by atoms with E-state index in [1.165, 1.54) is 0 Å². The molecule has 2 aromatic rings. The lowest BCUT2D eigenvalue weighted by atomic mass is 10.1. The molecule has 0 saturated heterocycles. The number of aromatic nitrogens is 2. The van der Waals surface area contributed by atoms with Crippen molar-refractivity contribution in [1.29, 1.82) is 0 Å². The van der Waals surface area contributed by atoms with Crippen molar-refractivity contribution < 1.29 is 4.74 Å². The van der Waals surface area contributed by atoms with Gasteiger partial charge in [0.1, 0.15) is 5.75 Å². The molecule has 1 aromatic carbocycles. The Morgan fingerprint density at radius 3 is 2.94 bits per heavy atom. The molecule has 0 atom stereocenters. The van der Waals surface area contributed by atoms with Gasteiger partial charge in [-0.2, -0.15) is 5.10 Å². The molecule has 0 aliphatic rings. The summed E-state index contributed by atoms with van der Waals surface area (Å²) in [6, 6.07) is 9.23. The van der Waals surface area contributed by atoms with Gasteiger partial charge in [-0.15, -0.1) is 11.6 Å². The Labute approximate surface area is 110 Å². The normalized spacial score (nSPS) is 10.3. The van der Waals surface area contributed by atoms with Gasteiger partial charge in [-0.1, -0.05) is 12.1 Å². The van der Waals surface area contributed by atoms with Gasteiger partial charge >= 0.3 is 0 Å². The molecule has 94 valence electrons. The predicted molar refractivity (Wildman–Crippen MR) is 71.0 cm³/mol. The molecule has 0 bridgehead atoms. The predicted octanol–water partition coefficient (Wildman–Crippen LogP) is 2.57. The van der Waals surface area contributed by atoms with Crippen molar-refractivity contribution >= 4 is 11.6 Å². The van der Waals surface area contributed by atoms with Gasteiger partial charge < -0.3 is 4.74 Å². The maximum atomic E-state index is 11.4. The van der Waals surface area contributed by atoms with Gasteiger partial charge in [0.05, 0.1) is 18.2 Å². The molecule has 18 heavy (non-hydrogen) atoms. The number of nitrogens with zero attached hydrogens (tertiary/aromatic N) is 1. The molecular weight excluding hydrogens is 252 g/mol. The summed E-state index contributed by atoms with van der Waals surface area (Å²) in [5, 5.41) is 6.45. The number of nitrogens with one attached hydrogen (secondary N) is 1. The van der Waals surface area contributed by atoms with Crippen molar-refractivity contribution in [2.24, 2.45) is 0 Å².